The first kappa shape index (κ1) is 15.8. The van der Waals surface area contributed by atoms with Crippen LogP contribution >= 0.6 is 0 Å². The standard InChI is InChI=1S/C17H27N3O/c1-2-11-19-15(17(18)21)10-13-20-12-6-5-8-14-7-3-4-9-16(14)20/h3-4,7,9,15,19H,2,5-6,8,10-13H2,1H3,(H2,18,21). The predicted octanol–water partition coefficient (Wildman–Crippen LogP) is 2.07. The number of rotatable bonds is 7. The number of hydrogen-bond acceptors (Lipinski definition) is 3. The van der Waals surface area contributed by atoms with E-state index in [0.29, 0.717) is 0 Å². The molecule has 21 heavy (non-hydrogen) atoms. The van der Waals surface area contributed by atoms with E-state index in [9.17, 15) is 4.79 Å². The number of nitrogens with two attached hydrogens (primary N) is 1. The Hall–Kier alpha value is -1.55. The van der Waals surface area contributed by atoms with Gasteiger partial charge in [-0.05, 0) is 50.3 Å². The summed E-state index contributed by atoms with van der Waals surface area (Å²) in [7, 11) is 0. The van der Waals surface area contributed by atoms with Gasteiger partial charge in [0.25, 0.3) is 0 Å². The van der Waals surface area contributed by atoms with E-state index in [1.165, 1.54) is 24.1 Å². The summed E-state index contributed by atoms with van der Waals surface area (Å²) >= 11 is 0. The largest absolute Gasteiger partial charge is 0.371 e. The molecule has 0 aromatic heterocycles. The van der Waals surface area contributed by atoms with Crippen molar-refractivity contribution >= 4 is 11.6 Å². The number of fused-ring (bicyclic) bond motifs is 1. The van der Waals surface area contributed by atoms with Crippen molar-refractivity contribution < 1.29 is 4.79 Å². The van der Waals surface area contributed by atoms with Gasteiger partial charge in [-0.25, -0.2) is 0 Å². The van der Waals surface area contributed by atoms with Gasteiger partial charge in [0.1, 0.15) is 0 Å². The summed E-state index contributed by atoms with van der Waals surface area (Å²) in [4.78, 5) is 13.9. The van der Waals surface area contributed by atoms with E-state index < -0.39 is 0 Å². The summed E-state index contributed by atoms with van der Waals surface area (Å²) in [5.41, 5.74) is 8.25. The van der Waals surface area contributed by atoms with Gasteiger partial charge in [0.2, 0.25) is 5.91 Å². The van der Waals surface area contributed by atoms with Crippen molar-refractivity contribution in [3.63, 3.8) is 0 Å². The van der Waals surface area contributed by atoms with E-state index in [0.717, 1.165) is 38.9 Å². The molecule has 4 nitrogen and oxygen atoms in total. The van der Waals surface area contributed by atoms with E-state index in [1.807, 2.05) is 0 Å². The molecule has 1 atom stereocenters. The summed E-state index contributed by atoms with van der Waals surface area (Å²) in [5, 5.41) is 3.25. The Morgan fingerprint density at radius 2 is 2.19 bits per heavy atom. The molecule has 1 heterocycles. The molecule has 3 N–H and O–H groups in total. The van der Waals surface area contributed by atoms with Crippen LogP contribution in [0.5, 0.6) is 0 Å². The van der Waals surface area contributed by atoms with Crippen LogP contribution in [0.15, 0.2) is 24.3 Å². The maximum absolute atomic E-state index is 11.5. The lowest BCUT2D eigenvalue weighted by Crippen LogP contribution is -2.44. The number of carbonyl (C=O) groups is 1. The molecule has 1 aromatic rings. The average molecular weight is 289 g/mol. The minimum atomic E-state index is -0.244. The molecule has 0 aliphatic carbocycles. The van der Waals surface area contributed by atoms with Gasteiger partial charge in [0.15, 0.2) is 0 Å². The Balaban J connectivity index is 1.99. The second-order valence-corrected chi connectivity index (χ2v) is 5.77. The molecule has 0 fully saturated rings. The highest BCUT2D eigenvalue weighted by molar-refractivity contribution is 5.79. The lowest BCUT2D eigenvalue weighted by Gasteiger charge is -2.27. The van der Waals surface area contributed by atoms with Gasteiger partial charge in [0.05, 0.1) is 6.04 Å². The highest BCUT2D eigenvalue weighted by Crippen LogP contribution is 2.26. The summed E-state index contributed by atoms with van der Waals surface area (Å²) in [6, 6.07) is 8.39. The van der Waals surface area contributed by atoms with E-state index >= 15 is 0 Å². The van der Waals surface area contributed by atoms with Crippen LogP contribution in [-0.2, 0) is 11.2 Å². The van der Waals surface area contributed by atoms with Crippen LogP contribution in [0.2, 0.25) is 0 Å². The Labute approximate surface area is 127 Å². The smallest absolute Gasteiger partial charge is 0.234 e. The number of primary amides is 1. The van der Waals surface area contributed by atoms with Crippen LogP contribution in [0.25, 0.3) is 0 Å². The maximum Gasteiger partial charge on any atom is 0.234 e. The number of aryl methyl sites for hydroxylation is 1. The van der Waals surface area contributed by atoms with E-state index in [1.54, 1.807) is 0 Å². The lowest BCUT2D eigenvalue weighted by molar-refractivity contribution is -0.120. The molecule has 0 radical (unpaired) electrons. The van der Waals surface area contributed by atoms with Gasteiger partial charge in [-0.15, -0.1) is 0 Å². The minimum Gasteiger partial charge on any atom is -0.371 e. The summed E-state index contributed by atoms with van der Waals surface area (Å²) in [6.45, 7) is 4.87. The van der Waals surface area contributed by atoms with Gasteiger partial charge in [-0.2, -0.15) is 0 Å². The van der Waals surface area contributed by atoms with Gasteiger partial charge >= 0.3 is 0 Å². The molecule has 0 bridgehead atoms. The zero-order chi connectivity index (χ0) is 15.1. The third kappa shape index (κ3) is 4.46. The first-order valence-electron chi connectivity index (χ1n) is 8.08. The van der Waals surface area contributed by atoms with Crippen molar-refractivity contribution in [1.82, 2.24) is 5.32 Å². The quantitative estimate of drug-likeness (QED) is 0.808. The molecule has 0 saturated heterocycles. The molecule has 116 valence electrons. The molecular weight excluding hydrogens is 262 g/mol. The number of hydrogen-bond donors (Lipinski definition) is 2. The molecule has 1 aliphatic heterocycles. The van der Waals surface area contributed by atoms with Crippen LogP contribution in [-0.4, -0.2) is 31.6 Å². The zero-order valence-corrected chi connectivity index (χ0v) is 13.0. The topological polar surface area (TPSA) is 58.4 Å². The van der Waals surface area contributed by atoms with Gasteiger partial charge in [-0.3, -0.25) is 4.79 Å². The van der Waals surface area contributed by atoms with Crippen molar-refractivity contribution in [1.29, 1.82) is 0 Å². The molecule has 2 rings (SSSR count). The normalized spacial score (nSPS) is 16.1. The van der Waals surface area contributed by atoms with E-state index in [-0.39, 0.29) is 11.9 Å². The Bertz CT molecular complexity index is 461. The second kappa shape index (κ2) is 8.03. The van der Waals surface area contributed by atoms with Crippen molar-refractivity contribution in [2.24, 2.45) is 5.73 Å². The fraction of sp³-hybridized carbons (Fsp3) is 0.588. The minimum absolute atomic E-state index is 0.222. The molecule has 1 unspecified atom stereocenters. The maximum atomic E-state index is 11.5. The van der Waals surface area contributed by atoms with Crippen LogP contribution in [0, 0.1) is 0 Å². The number of para-hydroxylation sites is 1. The monoisotopic (exact) mass is 289 g/mol. The number of benzene rings is 1. The molecule has 0 spiro atoms. The number of anilines is 1. The second-order valence-electron chi connectivity index (χ2n) is 5.77. The van der Waals surface area contributed by atoms with Crippen molar-refractivity contribution in [3.05, 3.63) is 29.8 Å². The van der Waals surface area contributed by atoms with Crippen LogP contribution in [0.4, 0.5) is 5.69 Å². The summed E-state index contributed by atoms with van der Waals surface area (Å²) in [6.07, 6.45) is 5.37. The molecule has 4 heteroatoms. The Kier molecular flexibility index (Phi) is 6.05. The van der Waals surface area contributed by atoms with Crippen LogP contribution in [0.1, 0.15) is 38.2 Å². The fourth-order valence-electron chi connectivity index (χ4n) is 2.95. The Morgan fingerprint density at radius 3 is 2.95 bits per heavy atom. The molecule has 1 aromatic carbocycles. The van der Waals surface area contributed by atoms with Crippen molar-refractivity contribution in [2.75, 3.05) is 24.5 Å². The highest BCUT2D eigenvalue weighted by atomic mass is 16.1. The fourth-order valence-corrected chi connectivity index (χ4v) is 2.95. The molecule has 0 saturated carbocycles. The summed E-state index contributed by atoms with van der Waals surface area (Å²) < 4.78 is 0. The first-order chi connectivity index (χ1) is 10.2. The first-order valence-corrected chi connectivity index (χ1v) is 8.08. The van der Waals surface area contributed by atoms with Crippen molar-refractivity contribution in [3.8, 4) is 0 Å². The van der Waals surface area contributed by atoms with Gasteiger partial charge in [-0.1, -0.05) is 25.1 Å². The number of carbonyl (C=O) groups excluding carboxylic acids is 1. The zero-order valence-electron chi connectivity index (χ0n) is 13.0. The molecular formula is C17H27N3O. The van der Waals surface area contributed by atoms with Crippen molar-refractivity contribution in [2.45, 2.75) is 45.1 Å². The SMILES string of the molecule is CCCNC(CCN1CCCCc2ccccc21)C(N)=O. The van der Waals surface area contributed by atoms with E-state index in [4.69, 9.17) is 5.73 Å². The van der Waals surface area contributed by atoms with Gasteiger partial charge < -0.3 is 16.0 Å². The average Bonchev–Trinajstić information content (AvgIpc) is 2.69. The third-order valence-electron chi connectivity index (χ3n) is 4.13. The number of nitrogens with one attached hydrogen (secondary N) is 1. The number of nitrogens with zero attached hydrogens (tertiary/aromatic N) is 1. The molecule has 1 amide bonds. The van der Waals surface area contributed by atoms with Crippen LogP contribution < -0.4 is 16.0 Å². The lowest BCUT2D eigenvalue weighted by atomic mass is 10.1. The number of amides is 1. The third-order valence-corrected chi connectivity index (χ3v) is 4.13. The highest BCUT2D eigenvalue weighted by Gasteiger charge is 2.19. The summed E-state index contributed by atoms with van der Waals surface area (Å²) in [5.74, 6) is -0.244. The Morgan fingerprint density at radius 1 is 1.38 bits per heavy atom. The van der Waals surface area contributed by atoms with Crippen LogP contribution in [0.3, 0.4) is 0 Å². The predicted molar refractivity (Wildman–Crippen MR) is 87.5 cm³/mol. The van der Waals surface area contributed by atoms with E-state index in [2.05, 4.69) is 41.4 Å². The van der Waals surface area contributed by atoms with Gasteiger partial charge in [0, 0.05) is 18.8 Å². The molecule has 1 aliphatic rings.